The van der Waals surface area contributed by atoms with Crippen LogP contribution in [0.1, 0.15) is 65.6 Å². The van der Waals surface area contributed by atoms with Crippen molar-refractivity contribution >= 4 is 0 Å². The Bertz CT molecular complexity index is 408. The predicted molar refractivity (Wildman–Crippen MR) is 84.6 cm³/mol. The minimum atomic E-state index is 0.487. The Morgan fingerprint density at radius 3 is 2.70 bits per heavy atom. The first-order chi connectivity index (χ1) is 9.49. The van der Waals surface area contributed by atoms with Gasteiger partial charge < -0.3 is 9.88 Å². The molecule has 1 N–H and O–H groups in total. The molecule has 0 aromatic carbocycles. The van der Waals surface area contributed by atoms with Gasteiger partial charge in [-0.15, -0.1) is 0 Å². The fourth-order valence-corrected chi connectivity index (χ4v) is 3.61. The van der Waals surface area contributed by atoms with E-state index < -0.39 is 0 Å². The average Bonchev–Trinajstić information content (AvgIpc) is 2.84. The summed E-state index contributed by atoms with van der Waals surface area (Å²) in [5.41, 5.74) is 1.31. The van der Waals surface area contributed by atoms with Crippen LogP contribution in [-0.2, 0) is 6.54 Å². The molecule has 3 heteroatoms. The average molecular weight is 277 g/mol. The normalized spacial score (nSPS) is 27.4. The quantitative estimate of drug-likeness (QED) is 0.881. The number of hydrogen-bond donors (Lipinski definition) is 1. The molecule has 1 aromatic rings. The van der Waals surface area contributed by atoms with Crippen LogP contribution in [0.25, 0.3) is 0 Å². The van der Waals surface area contributed by atoms with Gasteiger partial charge in [-0.05, 0) is 44.4 Å². The van der Waals surface area contributed by atoms with Gasteiger partial charge in [0.25, 0.3) is 0 Å². The highest BCUT2D eigenvalue weighted by Crippen LogP contribution is 2.33. The Kier molecular flexibility index (Phi) is 5.25. The number of imidazole rings is 1. The van der Waals surface area contributed by atoms with Crippen LogP contribution in [0.2, 0.25) is 0 Å². The highest BCUT2D eigenvalue weighted by molar-refractivity contribution is 5.00. The lowest BCUT2D eigenvalue weighted by atomic mass is 9.74. The summed E-state index contributed by atoms with van der Waals surface area (Å²) in [7, 11) is 0. The van der Waals surface area contributed by atoms with Crippen LogP contribution in [-0.4, -0.2) is 15.6 Å². The van der Waals surface area contributed by atoms with Gasteiger partial charge in [-0.1, -0.05) is 27.2 Å². The van der Waals surface area contributed by atoms with Crippen LogP contribution in [0.5, 0.6) is 0 Å². The fourth-order valence-electron chi connectivity index (χ4n) is 3.61. The van der Waals surface area contributed by atoms with Gasteiger partial charge >= 0.3 is 0 Å². The summed E-state index contributed by atoms with van der Waals surface area (Å²) in [5.74, 6) is 2.45. The molecular weight excluding hydrogens is 246 g/mol. The summed E-state index contributed by atoms with van der Waals surface area (Å²) in [4.78, 5) is 4.30. The lowest BCUT2D eigenvalue weighted by Gasteiger charge is -2.38. The van der Waals surface area contributed by atoms with Crippen LogP contribution < -0.4 is 5.32 Å². The fraction of sp³-hybridized carbons (Fsp3) is 0.824. The van der Waals surface area contributed by atoms with Gasteiger partial charge in [-0.25, -0.2) is 4.98 Å². The summed E-state index contributed by atoms with van der Waals surface area (Å²) in [5, 5.41) is 3.82. The number of hydrogen-bond acceptors (Lipinski definition) is 2. The van der Waals surface area contributed by atoms with Crippen LogP contribution >= 0.6 is 0 Å². The molecule has 3 nitrogen and oxygen atoms in total. The molecule has 0 aliphatic heterocycles. The van der Waals surface area contributed by atoms with Gasteiger partial charge in [0.15, 0.2) is 0 Å². The lowest BCUT2D eigenvalue weighted by Crippen LogP contribution is -2.42. The van der Waals surface area contributed by atoms with Gasteiger partial charge in [0.2, 0.25) is 0 Å². The van der Waals surface area contributed by atoms with E-state index in [2.05, 4.69) is 49.5 Å². The third-order valence-electron chi connectivity index (χ3n) is 4.87. The van der Waals surface area contributed by atoms with E-state index in [4.69, 9.17) is 0 Å². The van der Waals surface area contributed by atoms with Crippen LogP contribution in [0.4, 0.5) is 0 Å². The van der Waals surface area contributed by atoms with Crippen molar-refractivity contribution in [2.75, 3.05) is 0 Å². The Morgan fingerprint density at radius 1 is 1.30 bits per heavy atom. The van der Waals surface area contributed by atoms with Crippen molar-refractivity contribution in [1.82, 2.24) is 14.9 Å². The van der Waals surface area contributed by atoms with E-state index in [1.807, 2.05) is 12.5 Å². The van der Waals surface area contributed by atoms with Crippen molar-refractivity contribution in [3.8, 4) is 0 Å². The van der Waals surface area contributed by atoms with Gasteiger partial charge in [0.05, 0.1) is 12.0 Å². The molecule has 0 bridgehead atoms. The molecule has 20 heavy (non-hydrogen) atoms. The lowest BCUT2D eigenvalue weighted by molar-refractivity contribution is 0.168. The smallest absolute Gasteiger partial charge is 0.0951 e. The number of nitrogens with zero attached hydrogens (tertiary/aromatic N) is 2. The van der Waals surface area contributed by atoms with Gasteiger partial charge in [-0.2, -0.15) is 0 Å². The molecular formula is C17H31N3. The molecule has 0 amide bonds. The Hall–Kier alpha value is -0.830. The van der Waals surface area contributed by atoms with Crippen molar-refractivity contribution in [3.05, 3.63) is 18.2 Å². The zero-order valence-corrected chi connectivity index (χ0v) is 13.8. The molecule has 0 spiro atoms. The summed E-state index contributed by atoms with van der Waals surface area (Å²) >= 11 is 0. The van der Waals surface area contributed by atoms with Gasteiger partial charge in [0.1, 0.15) is 0 Å². The van der Waals surface area contributed by atoms with Crippen LogP contribution in [0.3, 0.4) is 0 Å². The van der Waals surface area contributed by atoms with E-state index in [-0.39, 0.29) is 0 Å². The third-order valence-corrected chi connectivity index (χ3v) is 4.87. The summed E-state index contributed by atoms with van der Waals surface area (Å²) in [6.07, 6.45) is 8.04. The van der Waals surface area contributed by atoms with E-state index >= 15 is 0 Å². The number of aromatic nitrogens is 2. The highest BCUT2D eigenvalue weighted by atomic mass is 15.1. The predicted octanol–water partition coefficient (Wildman–Crippen LogP) is 4.01. The molecule has 1 aliphatic rings. The van der Waals surface area contributed by atoms with E-state index in [0.29, 0.717) is 12.1 Å². The van der Waals surface area contributed by atoms with E-state index in [1.165, 1.54) is 25.0 Å². The second-order valence-electron chi connectivity index (χ2n) is 7.20. The van der Waals surface area contributed by atoms with Crippen molar-refractivity contribution in [2.45, 2.75) is 72.5 Å². The monoisotopic (exact) mass is 277 g/mol. The minimum Gasteiger partial charge on any atom is -0.331 e. The summed E-state index contributed by atoms with van der Waals surface area (Å²) < 4.78 is 2.27. The minimum absolute atomic E-state index is 0.487. The SMILES string of the molecule is CC1CCC(C(C)C)C(NCc2cncn2C(C)C)C1. The maximum atomic E-state index is 4.30. The first-order valence-electron chi connectivity index (χ1n) is 8.23. The Morgan fingerprint density at radius 2 is 2.05 bits per heavy atom. The first-order valence-corrected chi connectivity index (χ1v) is 8.23. The zero-order chi connectivity index (χ0) is 14.7. The van der Waals surface area contributed by atoms with Gasteiger partial charge in [0, 0.05) is 24.8 Å². The molecule has 3 unspecified atom stereocenters. The first kappa shape index (κ1) is 15.6. The maximum Gasteiger partial charge on any atom is 0.0951 e. The Labute approximate surface area is 124 Å². The number of nitrogens with one attached hydrogen (secondary N) is 1. The van der Waals surface area contributed by atoms with Crippen molar-refractivity contribution in [2.24, 2.45) is 17.8 Å². The molecule has 114 valence electrons. The van der Waals surface area contributed by atoms with Crippen molar-refractivity contribution in [3.63, 3.8) is 0 Å². The van der Waals surface area contributed by atoms with E-state index in [0.717, 1.165) is 24.3 Å². The third kappa shape index (κ3) is 3.63. The van der Waals surface area contributed by atoms with Crippen LogP contribution in [0, 0.1) is 17.8 Å². The molecule has 1 aliphatic carbocycles. The largest absolute Gasteiger partial charge is 0.331 e. The highest BCUT2D eigenvalue weighted by Gasteiger charge is 2.30. The standard InChI is InChI=1S/C17H31N3/c1-12(2)16-7-6-14(5)8-17(16)19-10-15-9-18-11-20(15)13(3)4/h9,11-14,16-17,19H,6-8,10H2,1-5H3. The molecule has 2 rings (SSSR count). The maximum absolute atomic E-state index is 4.30. The van der Waals surface area contributed by atoms with E-state index in [1.54, 1.807) is 0 Å². The summed E-state index contributed by atoms with van der Waals surface area (Å²) in [6.45, 7) is 12.5. The zero-order valence-electron chi connectivity index (χ0n) is 13.8. The molecule has 0 radical (unpaired) electrons. The molecule has 1 saturated carbocycles. The molecule has 1 heterocycles. The number of rotatable bonds is 5. The second kappa shape index (κ2) is 6.75. The van der Waals surface area contributed by atoms with Gasteiger partial charge in [-0.3, -0.25) is 0 Å². The summed E-state index contributed by atoms with van der Waals surface area (Å²) in [6, 6.07) is 1.15. The molecule has 1 aromatic heterocycles. The second-order valence-corrected chi connectivity index (χ2v) is 7.20. The van der Waals surface area contributed by atoms with Crippen LogP contribution in [0.15, 0.2) is 12.5 Å². The molecule has 1 fully saturated rings. The van der Waals surface area contributed by atoms with Crippen molar-refractivity contribution in [1.29, 1.82) is 0 Å². The van der Waals surface area contributed by atoms with E-state index in [9.17, 15) is 0 Å². The topological polar surface area (TPSA) is 29.9 Å². The molecule has 0 saturated heterocycles. The molecule has 3 atom stereocenters. The Balaban J connectivity index is 1.98. The van der Waals surface area contributed by atoms with Crippen molar-refractivity contribution < 1.29 is 0 Å².